The Morgan fingerprint density at radius 1 is 1.12 bits per heavy atom. The average Bonchev–Trinajstić information content (AvgIpc) is 2.72. The fourth-order valence-corrected chi connectivity index (χ4v) is 4.01. The first kappa shape index (κ1) is 16.0. The SMILES string of the molecule is CC1(C)C(=O)N(C2CCC(=O)NC2=O)c2ccc(C3CC(=O)C3)cc21. The van der Waals surface area contributed by atoms with Crippen molar-refractivity contribution in [3.8, 4) is 0 Å². The number of amides is 3. The summed E-state index contributed by atoms with van der Waals surface area (Å²) in [4.78, 5) is 49.5. The lowest BCUT2D eigenvalue weighted by atomic mass is 9.76. The quantitative estimate of drug-likeness (QED) is 0.828. The Bertz CT molecular complexity index is 819. The van der Waals surface area contributed by atoms with Gasteiger partial charge in [-0.3, -0.25) is 29.4 Å². The summed E-state index contributed by atoms with van der Waals surface area (Å²) in [5.41, 5.74) is 1.96. The highest BCUT2D eigenvalue weighted by Crippen LogP contribution is 2.46. The van der Waals surface area contributed by atoms with E-state index in [0.29, 0.717) is 19.3 Å². The molecule has 1 unspecified atom stereocenters. The molecule has 0 radical (unpaired) electrons. The number of anilines is 1. The second-order valence-corrected chi connectivity index (χ2v) is 7.69. The molecule has 25 heavy (non-hydrogen) atoms. The first-order valence-electron chi connectivity index (χ1n) is 8.62. The monoisotopic (exact) mass is 340 g/mol. The maximum Gasteiger partial charge on any atom is 0.249 e. The zero-order valence-electron chi connectivity index (χ0n) is 14.3. The van der Waals surface area contributed by atoms with Crippen LogP contribution in [-0.2, 0) is 24.6 Å². The molecule has 1 saturated heterocycles. The van der Waals surface area contributed by atoms with Gasteiger partial charge in [-0.05, 0) is 43.4 Å². The second kappa shape index (κ2) is 5.25. The van der Waals surface area contributed by atoms with Crippen molar-refractivity contribution in [2.45, 2.75) is 56.9 Å². The molecule has 4 rings (SSSR count). The minimum Gasteiger partial charge on any atom is -0.300 e. The molecule has 3 aliphatic rings. The predicted octanol–water partition coefficient (Wildman–Crippen LogP) is 1.56. The van der Waals surface area contributed by atoms with Gasteiger partial charge in [0.2, 0.25) is 17.7 Å². The van der Waals surface area contributed by atoms with Gasteiger partial charge in [0.25, 0.3) is 0 Å². The number of rotatable bonds is 2. The Morgan fingerprint density at radius 2 is 1.84 bits per heavy atom. The molecular formula is C19H20N2O4. The highest BCUT2D eigenvalue weighted by atomic mass is 16.2. The Morgan fingerprint density at radius 3 is 2.48 bits per heavy atom. The van der Waals surface area contributed by atoms with E-state index < -0.39 is 17.4 Å². The summed E-state index contributed by atoms with van der Waals surface area (Å²) in [5.74, 6) is -0.336. The van der Waals surface area contributed by atoms with Crippen LogP contribution in [0.2, 0.25) is 0 Å². The zero-order chi connectivity index (χ0) is 17.9. The lowest BCUT2D eigenvalue weighted by molar-refractivity contribution is -0.136. The Kier molecular flexibility index (Phi) is 3.36. The van der Waals surface area contributed by atoms with Crippen LogP contribution in [0.3, 0.4) is 0 Å². The van der Waals surface area contributed by atoms with Crippen LogP contribution in [0, 0.1) is 0 Å². The second-order valence-electron chi connectivity index (χ2n) is 7.69. The molecule has 130 valence electrons. The van der Waals surface area contributed by atoms with Gasteiger partial charge in [-0.2, -0.15) is 0 Å². The summed E-state index contributed by atoms with van der Waals surface area (Å²) in [7, 11) is 0. The summed E-state index contributed by atoms with van der Waals surface area (Å²) in [6.45, 7) is 3.71. The van der Waals surface area contributed by atoms with Gasteiger partial charge in [-0.15, -0.1) is 0 Å². The number of nitrogens with one attached hydrogen (secondary N) is 1. The van der Waals surface area contributed by atoms with Gasteiger partial charge in [0.1, 0.15) is 11.8 Å². The van der Waals surface area contributed by atoms with E-state index in [1.807, 2.05) is 32.0 Å². The first-order chi connectivity index (χ1) is 11.8. The molecule has 0 aromatic heterocycles. The van der Waals surface area contributed by atoms with E-state index in [1.54, 1.807) is 4.90 Å². The van der Waals surface area contributed by atoms with Gasteiger partial charge < -0.3 is 0 Å². The molecule has 6 heteroatoms. The molecule has 1 saturated carbocycles. The number of carbonyl (C=O) groups excluding carboxylic acids is 4. The van der Waals surface area contributed by atoms with Crippen LogP contribution in [-0.4, -0.2) is 29.5 Å². The average molecular weight is 340 g/mol. The number of piperidine rings is 1. The van der Waals surface area contributed by atoms with Gasteiger partial charge in [-0.25, -0.2) is 0 Å². The van der Waals surface area contributed by atoms with Crippen molar-refractivity contribution >= 4 is 29.2 Å². The van der Waals surface area contributed by atoms with Crippen LogP contribution in [0.4, 0.5) is 5.69 Å². The van der Waals surface area contributed by atoms with Crippen LogP contribution in [0.25, 0.3) is 0 Å². The molecule has 1 aliphatic carbocycles. The Labute approximate surface area is 145 Å². The van der Waals surface area contributed by atoms with Crippen LogP contribution >= 0.6 is 0 Å². The number of Topliss-reactive ketones (excluding diaryl/α,β-unsaturated/α-hetero) is 1. The maximum absolute atomic E-state index is 13.0. The highest BCUT2D eigenvalue weighted by molar-refractivity contribution is 6.13. The summed E-state index contributed by atoms with van der Waals surface area (Å²) < 4.78 is 0. The van der Waals surface area contributed by atoms with Crippen LogP contribution in [0.1, 0.15) is 56.6 Å². The summed E-state index contributed by atoms with van der Waals surface area (Å²) in [6.07, 6.45) is 1.69. The number of ketones is 1. The van der Waals surface area contributed by atoms with Crippen LogP contribution < -0.4 is 10.2 Å². The van der Waals surface area contributed by atoms with E-state index >= 15 is 0 Å². The van der Waals surface area contributed by atoms with Gasteiger partial charge in [-0.1, -0.05) is 12.1 Å². The molecule has 1 atom stereocenters. The molecule has 1 aromatic carbocycles. The van der Waals surface area contributed by atoms with Gasteiger partial charge in [0.05, 0.1) is 5.41 Å². The van der Waals surface area contributed by atoms with Gasteiger partial charge in [0.15, 0.2) is 0 Å². The van der Waals surface area contributed by atoms with Crippen molar-refractivity contribution in [3.63, 3.8) is 0 Å². The Hall–Kier alpha value is -2.50. The lowest BCUT2D eigenvalue weighted by Gasteiger charge is -2.31. The van der Waals surface area contributed by atoms with Crippen molar-refractivity contribution in [3.05, 3.63) is 29.3 Å². The van der Waals surface area contributed by atoms with Crippen LogP contribution in [0.15, 0.2) is 18.2 Å². The standard InChI is InChI=1S/C19H20N2O4/c1-19(2)13-9-10(11-7-12(22)8-11)3-4-14(13)21(18(19)25)15-5-6-16(23)20-17(15)24/h3-4,9,11,15H,5-8H2,1-2H3,(H,20,23,24). The summed E-state index contributed by atoms with van der Waals surface area (Å²) >= 11 is 0. The van der Waals surface area contributed by atoms with E-state index in [0.717, 1.165) is 16.8 Å². The fraction of sp³-hybridized carbons (Fsp3) is 0.474. The number of benzene rings is 1. The fourth-order valence-electron chi connectivity index (χ4n) is 4.01. The van der Waals surface area contributed by atoms with Crippen LogP contribution in [0.5, 0.6) is 0 Å². The van der Waals surface area contributed by atoms with E-state index in [1.165, 1.54) is 0 Å². The number of carbonyl (C=O) groups is 4. The normalized spacial score (nSPS) is 25.7. The molecule has 1 aromatic rings. The number of fused-ring (bicyclic) bond motifs is 1. The molecule has 0 spiro atoms. The van der Waals surface area contributed by atoms with E-state index in [9.17, 15) is 19.2 Å². The predicted molar refractivity (Wildman–Crippen MR) is 90.1 cm³/mol. The molecule has 6 nitrogen and oxygen atoms in total. The van der Waals surface area contributed by atoms with Crippen molar-refractivity contribution in [1.82, 2.24) is 5.32 Å². The summed E-state index contributed by atoms with van der Waals surface area (Å²) in [5, 5.41) is 2.33. The lowest BCUT2D eigenvalue weighted by Crippen LogP contribution is -2.55. The Balaban J connectivity index is 1.72. The van der Waals surface area contributed by atoms with Gasteiger partial charge >= 0.3 is 0 Å². The van der Waals surface area contributed by atoms with Crippen molar-refractivity contribution < 1.29 is 19.2 Å². The number of hydrogen-bond donors (Lipinski definition) is 1. The third-order valence-corrected chi connectivity index (χ3v) is 5.65. The molecule has 2 aliphatic heterocycles. The zero-order valence-corrected chi connectivity index (χ0v) is 14.3. The van der Waals surface area contributed by atoms with Crippen molar-refractivity contribution in [1.29, 1.82) is 0 Å². The third kappa shape index (κ3) is 2.31. The van der Waals surface area contributed by atoms with Crippen molar-refractivity contribution in [2.24, 2.45) is 0 Å². The van der Waals surface area contributed by atoms with Gasteiger partial charge in [0, 0.05) is 24.9 Å². The summed E-state index contributed by atoms with van der Waals surface area (Å²) in [6, 6.07) is 5.19. The van der Waals surface area contributed by atoms with Crippen molar-refractivity contribution in [2.75, 3.05) is 4.90 Å². The smallest absolute Gasteiger partial charge is 0.249 e. The van der Waals surface area contributed by atoms with E-state index in [-0.39, 0.29) is 29.9 Å². The minimum atomic E-state index is -0.735. The maximum atomic E-state index is 13.0. The molecule has 3 amide bonds. The molecule has 0 bridgehead atoms. The number of nitrogens with zero attached hydrogens (tertiary/aromatic N) is 1. The van der Waals surface area contributed by atoms with E-state index in [2.05, 4.69) is 5.32 Å². The molecule has 2 fully saturated rings. The minimum absolute atomic E-state index is 0.126. The number of imide groups is 1. The van der Waals surface area contributed by atoms with E-state index in [4.69, 9.17) is 0 Å². The third-order valence-electron chi connectivity index (χ3n) is 5.65. The number of hydrogen-bond acceptors (Lipinski definition) is 4. The first-order valence-corrected chi connectivity index (χ1v) is 8.62. The topological polar surface area (TPSA) is 83.6 Å². The largest absolute Gasteiger partial charge is 0.300 e. The highest BCUT2D eigenvalue weighted by Gasteiger charge is 2.49. The molecular weight excluding hydrogens is 320 g/mol. The molecule has 1 N–H and O–H groups in total. The molecule has 2 heterocycles.